The molecule has 2 rings (SSSR count). The van der Waals surface area contributed by atoms with E-state index in [4.69, 9.17) is 0 Å². The van der Waals surface area contributed by atoms with E-state index in [2.05, 4.69) is 10.6 Å². The molecule has 1 atom stereocenters. The minimum absolute atomic E-state index is 0.181. The van der Waals surface area contributed by atoms with E-state index in [1.165, 1.54) is 6.07 Å². The Hall–Kier alpha value is -1.42. The number of anilines is 1. The predicted octanol–water partition coefficient (Wildman–Crippen LogP) is 1.74. The van der Waals surface area contributed by atoms with Gasteiger partial charge in [0.1, 0.15) is 11.9 Å². The van der Waals surface area contributed by atoms with Crippen molar-refractivity contribution >= 4 is 11.6 Å². The minimum atomic E-state index is -0.416. The highest BCUT2D eigenvalue weighted by atomic mass is 19.1. The Kier molecular flexibility index (Phi) is 2.44. The fourth-order valence-corrected chi connectivity index (χ4v) is 1.92. The Morgan fingerprint density at radius 1 is 1.53 bits per heavy atom. The van der Waals surface area contributed by atoms with Crippen LogP contribution in [0.5, 0.6) is 0 Å². The van der Waals surface area contributed by atoms with Crippen LogP contribution >= 0.6 is 0 Å². The summed E-state index contributed by atoms with van der Waals surface area (Å²) in [4.78, 5) is 11.6. The highest BCUT2D eigenvalue weighted by molar-refractivity contribution is 6.03. The summed E-state index contributed by atoms with van der Waals surface area (Å²) in [6, 6.07) is 2.65. The lowest BCUT2D eigenvalue weighted by Crippen LogP contribution is -2.27. The van der Waals surface area contributed by atoms with E-state index in [-0.39, 0.29) is 11.7 Å². The lowest BCUT2D eigenvalue weighted by Gasteiger charge is -2.11. The lowest BCUT2D eigenvalue weighted by molar-refractivity contribution is -0.117. The summed E-state index contributed by atoms with van der Waals surface area (Å²) < 4.78 is 13.4. The summed E-state index contributed by atoms with van der Waals surface area (Å²) in [6.45, 7) is 4.47. The van der Waals surface area contributed by atoms with Crippen molar-refractivity contribution in [2.75, 3.05) is 11.9 Å². The smallest absolute Gasteiger partial charge is 0.246 e. The summed E-state index contributed by atoms with van der Waals surface area (Å²) in [7, 11) is 0. The van der Waals surface area contributed by atoms with Gasteiger partial charge < -0.3 is 10.6 Å². The van der Waals surface area contributed by atoms with Gasteiger partial charge in [0.2, 0.25) is 5.91 Å². The minimum Gasteiger partial charge on any atom is -0.322 e. The van der Waals surface area contributed by atoms with Crippen LogP contribution in [0.4, 0.5) is 10.1 Å². The first-order valence-corrected chi connectivity index (χ1v) is 4.98. The van der Waals surface area contributed by atoms with Gasteiger partial charge in [0, 0.05) is 5.56 Å². The molecular formula is C11H13FN2O. The SMILES string of the molecule is CCNC1C(=O)Nc2c(F)ccc(C)c21. The van der Waals surface area contributed by atoms with Crippen molar-refractivity contribution in [2.24, 2.45) is 0 Å². The second-order valence-corrected chi connectivity index (χ2v) is 3.63. The molecule has 1 aromatic carbocycles. The molecule has 0 aliphatic carbocycles. The molecule has 0 radical (unpaired) electrons. The van der Waals surface area contributed by atoms with Crippen LogP contribution in [0.2, 0.25) is 0 Å². The maximum absolute atomic E-state index is 13.4. The largest absolute Gasteiger partial charge is 0.322 e. The first kappa shape index (κ1) is 10.1. The molecule has 0 saturated heterocycles. The summed E-state index contributed by atoms with van der Waals surface area (Å²) in [5, 5.41) is 5.60. The van der Waals surface area contributed by atoms with Crippen LogP contribution in [0.1, 0.15) is 24.1 Å². The summed E-state index contributed by atoms with van der Waals surface area (Å²) in [5.41, 5.74) is 1.99. The van der Waals surface area contributed by atoms with Crippen molar-refractivity contribution in [1.82, 2.24) is 5.32 Å². The Bertz CT molecular complexity index is 417. The highest BCUT2D eigenvalue weighted by Gasteiger charge is 2.33. The molecule has 0 spiro atoms. The predicted molar refractivity (Wildman–Crippen MR) is 56.2 cm³/mol. The van der Waals surface area contributed by atoms with Gasteiger partial charge in [0.15, 0.2) is 0 Å². The first-order chi connectivity index (χ1) is 7.15. The van der Waals surface area contributed by atoms with Gasteiger partial charge in [0.25, 0.3) is 0 Å². The summed E-state index contributed by atoms with van der Waals surface area (Å²) >= 11 is 0. The summed E-state index contributed by atoms with van der Waals surface area (Å²) in [5.74, 6) is -0.551. The molecule has 1 heterocycles. The monoisotopic (exact) mass is 208 g/mol. The molecule has 80 valence electrons. The average Bonchev–Trinajstić information content (AvgIpc) is 2.53. The van der Waals surface area contributed by atoms with Crippen LogP contribution in [0.3, 0.4) is 0 Å². The molecule has 1 aliphatic rings. The van der Waals surface area contributed by atoms with Crippen molar-refractivity contribution in [1.29, 1.82) is 0 Å². The molecule has 15 heavy (non-hydrogen) atoms. The van der Waals surface area contributed by atoms with Crippen molar-refractivity contribution in [2.45, 2.75) is 19.9 Å². The molecule has 0 aromatic heterocycles. The third kappa shape index (κ3) is 1.51. The van der Waals surface area contributed by atoms with Gasteiger partial charge >= 0.3 is 0 Å². The van der Waals surface area contributed by atoms with Crippen LogP contribution in [-0.4, -0.2) is 12.5 Å². The van der Waals surface area contributed by atoms with Gasteiger partial charge in [-0.25, -0.2) is 4.39 Å². The number of benzene rings is 1. The zero-order valence-electron chi connectivity index (χ0n) is 8.73. The topological polar surface area (TPSA) is 41.1 Å². The Labute approximate surface area is 87.7 Å². The third-order valence-electron chi connectivity index (χ3n) is 2.62. The van der Waals surface area contributed by atoms with Gasteiger partial charge in [-0.1, -0.05) is 13.0 Å². The number of hydrogen-bond donors (Lipinski definition) is 2. The fraction of sp³-hybridized carbons (Fsp3) is 0.364. The van der Waals surface area contributed by atoms with E-state index in [9.17, 15) is 9.18 Å². The second-order valence-electron chi connectivity index (χ2n) is 3.63. The molecule has 1 aliphatic heterocycles. The number of rotatable bonds is 2. The molecule has 0 saturated carbocycles. The van der Waals surface area contributed by atoms with Gasteiger partial charge in [0.05, 0.1) is 5.69 Å². The average molecular weight is 208 g/mol. The van der Waals surface area contributed by atoms with Gasteiger partial charge in [-0.05, 0) is 25.1 Å². The second kappa shape index (κ2) is 3.62. The molecule has 1 unspecified atom stereocenters. The van der Waals surface area contributed by atoms with E-state index in [1.807, 2.05) is 13.8 Å². The van der Waals surface area contributed by atoms with Gasteiger partial charge in [-0.2, -0.15) is 0 Å². The number of halogens is 1. The highest BCUT2D eigenvalue weighted by Crippen LogP contribution is 2.35. The molecule has 0 bridgehead atoms. The number of hydrogen-bond acceptors (Lipinski definition) is 2. The quantitative estimate of drug-likeness (QED) is 0.777. The number of carbonyl (C=O) groups excluding carboxylic acids is 1. The molecule has 1 amide bonds. The molecule has 1 aromatic rings. The van der Waals surface area contributed by atoms with Gasteiger partial charge in [-0.3, -0.25) is 4.79 Å². The lowest BCUT2D eigenvalue weighted by atomic mass is 10.0. The van der Waals surface area contributed by atoms with E-state index >= 15 is 0 Å². The maximum Gasteiger partial charge on any atom is 0.246 e. The van der Waals surface area contributed by atoms with E-state index < -0.39 is 6.04 Å². The third-order valence-corrected chi connectivity index (χ3v) is 2.62. The Morgan fingerprint density at radius 2 is 2.27 bits per heavy atom. The molecule has 3 nitrogen and oxygen atoms in total. The van der Waals surface area contributed by atoms with Gasteiger partial charge in [-0.15, -0.1) is 0 Å². The Morgan fingerprint density at radius 3 is 2.93 bits per heavy atom. The molecule has 2 N–H and O–H groups in total. The molecule has 4 heteroatoms. The van der Waals surface area contributed by atoms with Crippen molar-refractivity contribution in [3.05, 3.63) is 29.1 Å². The van der Waals surface area contributed by atoms with Crippen LogP contribution in [0.25, 0.3) is 0 Å². The maximum atomic E-state index is 13.4. The van der Waals surface area contributed by atoms with E-state index in [0.717, 1.165) is 11.1 Å². The van der Waals surface area contributed by atoms with Crippen molar-refractivity contribution in [3.8, 4) is 0 Å². The summed E-state index contributed by atoms with van der Waals surface area (Å²) in [6.07, 6.45) is 0. The normalized spacial score (nSPS) is 18.9. The number of likely N-dealkylation sites (N-methyl/N-ethyl adjacent to an activating group) is 1. The standard InChI is InChI=1S/C11H13FN2O/c1-3-13-10-8-6(2)4-5-7(12)9(8)14-11(10)15/h4-5,10,13H,3H2,1-2H3,(H,14,15). The van der Waals surface area contributed by atoms with Crippen LogP contribution in [-0.2, 0) is 4.79 Å². The van der Waals surface area contributed by atoms with Crippen molar-refractivity contribution < 1.29 is 9.18 Å². The van der Waals surface area contributed by atoms with E-state index in [1.54, 1.807) is 6.07 Å². The zero-order chi connectivity index (χ0) is 11.0. The number of carbonyl (C=O) groups is 1. The number of aryl methyl sites for hydroxylation is 1. The number of nitrogens with one attached hydrogen (secondary N) is 2. The number of fused-ring (bicyclic) bond motifs is 1. The van der Waals surface area contributed by atoms with Crippen molar-refractivity contribution in [3.63, 3.8) is 0 Å². The van der Waals surface area contributed by atoms with Crippen LogP contribution in [0, 0.1) is 12.7 Å². The Balaban J connectivity index is 2.52. The molecular weight excluding hydrogens is 195 g/mol. The van der Waals surface area contributed by atoms with E-state index in [0.29, 0.717) is 12.2 Å². The number of amides is 1. The first-order valence-electron chi connectivity index (χ1n) is 4.98. The molecule has 0 fully saturated rings. The fourth-order valence-electron chi connectivity index (χ4n) is 1.92. The van der Waals surface area contributed by atoms with Crippen LogP contribution < -0.4 is 10.6 Å². The van der Waals surface area contributed by atoms with Crippen LogP contribution in [0.15, 0.2) is 12.1 Å². The zero-order valence-corrected chi connectivity index (χ0v) is 8.73.